The third-order valence-corrected chi connectivity index (χ3v) is 5.65. The molecule has 1 fully saturated rings. The number of aromatic amines is 1. The number of thioether (sulfide) groups is 1. The number of carboxylic acid groups (broad SMARTS) is 1. The van der Waals surface area contributed by atoms with Gasteiger partial charge in [-0.2, -0.15) is 5.10 Å². The molecule has 24 heavy (non-hydrogen) atoms. The molecule has 124 valence electrons. The molecule has 2 aliphatic heterocycles. The minimum Gasteiger partial charge on any atom is -0.543 e. The van der Waals surface area contributed by atoms with Gasteiger partial charge >= 0.3 is 29.6 Å². The number of aliphatic carboxylic acids is 1. The van der Waals surface area contributed by atoms with Gasteiger partial charge in [0, 0.05) is 23.0 Å². The molecule has 4 atom stereocenters. The number of nitrogens with zero attached hydrogens (tertiary/aromatic N) is 3. The smallest absolute Gasteiger partial charge is 0.543 e. The summed E-state index contributed by atoms with van der Waals surface area (Å²) >= 11 is 1.39. The molecule has 3 heterocycles. The van der Waals surface area contributed by atoms with Gasteiger partial charge in [0.05, 0.1) is 29.7 Å². The van der Waals surface area contributed by atoms with Crippen molar-refractivity contribution in [2.45, 2.75) is 32.4 Å². The number of aliphatic hydroxyl groups excluding tert-OH is 1. The molecular weight excluding hydrogens is 343 g/mol. The summed E-state index contributed by atoms with van der Waals surface area (Å²) in [6.07, 6.45) is 1.23. The van der Waals surface area contributed by atoms with Gasteiger partial charge in [-0.25, -0.2) is 4.98 Å². The van der Waals surface area contributed by atoms with Crippen LogP contribution in [0.2, 0.25) is 0 Å². The van der Waals surface area contributed by atoms with Crippen molar-refractivity contribution in [3.63, 3.8) is 0 Å². The molecule has 0 bridgehead atoms. The van der Waals surface area contributed by atoms with Gasteiger partial charge in [0.1, 0.15) is 12.2 Å². The van der Waals surface area contributed by atoms with E-state index in [1.54, 1.807) is 6.92 Å². The fourth-order valence-corrected chi connectivity index (χ4v) is 4.55. The standard InChI is InChI=1S/C14H18N4O4S.Na/c1-6-10-9(7(2)19)13(20)18(10)11(14(21)22)12(6)23-4-3-8-15-5-16-17-8;/h5-7,9-10,19H,3-4H2,1-2H3,(H,21,22)(H,15,16,17);/q;+1/p-1. The first-order valence-corrected chi connectivity index (χ1v) is 8.35. The molecule has 0 spiro atoms. The molecular formula is C14H17N4NaO4S. The van der Waals surface area contributed by atoms with E-state index in [1.807, 2.05) is 6.92 Å². The van der Waals surface area contributed by atoms with Gasteiger partial charge < -0.3 is 19.9 Å². The van der Waals surface area contributed by atoms with Crippen LogP contribution >= 0.6 is 11.8 Å². The first-order chi connectivity index (χ1) is 10.9. The van der Waals surface area contributed by atoms with Crippen LogP contribution in [0.15, 0.2) is 16.9 Å². The van der Waals surface area contributed by atoms with Crippen LogP contribution in [0.3, 0.4) is 0 Å². The SMILES string of the molecule is CC(O)C1C(=O)N2C(C(=O)[O-])=C(SCCc3ncn[nH]3)C(C)C12.[Na+]. The van der Waals surface area contributed by atoms with Crippen molar-refractivity contribution < 1.29 is 49.4 Å². The number of rotatable bonds is 6. The Kier molecular flexibility index (Phi) is 6.14. The average molecular weight is 360 g/mol. The Balaban J connectivity index is 0.00000208. The number of fused-ring (bicyclic) bond motifs is 1. The number of hydrogen-bond donors (Lipinski definition) is 2. The van der Waals surface area contributed by atoms with Crippen molar-refractivity contribution in [3.8, 4) is 0 Å². The van der Waals surface area contributed by atoms with Gasteiger partial charge in [0.2, 0.25) is 5.91 Å². The summed E-state index contributed by atoms with van der Waals surface area (Å²) in [4.78, 5) is 29.6. The minimum atomic E-state index is -1.35. The van der Waals surface area contributed by atoms with Crippen molar-refractivity contribution in [1.29, 1.82) is 0 Å². The van der Waals surface area contributed by atoms with Gasteiger partial charge in [-0.1, -0.05) is 6.92 Å². The zero-order chi connectivity index (χ0) is 16.7. The predicted octanol–water partition coefficient (Wildman–Crippen LogP) is -4.10. The van der Waals surface area contributed by atoms with Crippen molar-refractivity contribution in [2.24, 2.45) is 11.8 Å². The minimum absolute atomic E-state index is 0. The maximum Gasteiger partial charge on any atom is 1.00 e. The van der Waals surface area contributed by atoms with E-state index in [1.165, 1.54) is 23.0 Å². The topological polar surface area (TPSA) is 122 Å². The molecule has 1 amide bonds. The molecule has 1 aromatic rings. The van der Waals surface area contributed by atoms with Crippen LogP contribution in [-0.2, 0) is 16.0 Å². The van der Waals surface area contributed by atoms with E-state index in [0.717, 1.165) is 5.82 Å². The molecule has 3 rings (SSSR count). The quantitative estimate of drug-likeness (QED) is 0.391. The van der Waals surface area contributed by atoms with E-state index >= 15 is 0 Å². The average Bonchev–Trinajstić information content (AvgIpc) is 3.05. The van der Waals surface area contributed by atoms with Gasteiger partial charge in [0.25, 0.3) is 0 Å². The molecule has 0 saturated carbocycles. The summed E-state index contributed by atoms with van der Waals surface area (Å²) < 4.78 is 0. The number of carboxylic acids is 1. The molecule has 4 unspecified atom stereocenters. The summed E-state index contributed by atoms with van der Waals surface area (Å²) in [5, 5.41) is 27.8. The van der Waals surface area contributed by atoms with Crippen LogP contribution in [0.25, 0.3) is 0 Å². The van der Waals surface area contributed by atoms with Crippen molar-refractivity contribution in [1.82, 2.24) is 20.1 Å². The van der Waals surface area contributed by atoms with Gasteiger partial charge in [-0.3, -0.25) is 9.89 Å². The normalized spacial score (nSPS) is 26.7. The fraction of sp³-hybridized carbons (Fsp3) is 0.571. The van der Waals surface area contributed by atoms with Crippen molar-refractivity contribution >= 4 is 23.6 Å². The number of aromatic nitrogens is 3. The van der Waals surface area contributed by atoms with Gasteiger partial charge in [-0.15, -0.1) is 11.8 Å². The molecule has 0 aromatic carbocycles. The number of hydrogen-bond acceptors (Lipinski definition) is 7. The number of amides is 1. The first-order valence-electron chi connectivity index (χ1n) is 7.37. The Bertz CT molecular complexity index is 664. The summed E-state index contributed by atoms with van der Waals surface area (Å²) in [5.41, 5.74) is -0.0491. The number of β-lactam (4-membered cyclic amide) rings is 1. The van der Waals surface area contributed by atoms with Crippen LogP contribution in [0, 0.1) is 11.8 Å². The Hall–Kier alpha value is -0.870. The molecule has 10 heteroatoms. The monoisotopic (exact) mass is 360 g/mol. The van der Waals surface area contributed by atoms with E-state index in [-0.39, 0.29) is 53.1 Å². The Morgan fingerprint density at radius 1 is 1.58 bits per heavy atom. The van der Waals surface area contributed by atoms with E-state index in [2.05, 4.69) is 15.2 Å². The van der Waals surface area contributed by atoms with E-state index in [0.29, 0.717) is 17.1 Å². The van der Waals surface area contributed by atoms with Gasteiger partial charge in [0.15, 0.2) is 0 Å². The number of carbonyl (C=O) groups is 2. The van der Waals surface area contributed by atoms with Gasteiger partial charge in [-0.05, 0) is 6.92 Å². The number of aryl methyl sites for hydroxylation is 1. The first kappa shape index (κ1) is 19.5. The molecule has 1 saturated heterocycles. The van der Waals surface area contributed by atoms with Crippen LogP contribution in [-0.4, -0.2) is 55.0 Å². The molecule has 1 aromatic heterocycles. The maximum atomic E-state index is 12.2. The second-order valence-corrected chi connectivity index (χ2v) is 6.92. The van der Waals surface area contributed by atoms with E-state index in [9.17, 15) is 19.8 Å². The predicted molar refractivity (Wildman–Crippen MR) is 79.5 cm³/mol. The zero-order valence-electron chi connectivity index (χ0n) is 13.7. The van der Waals surface area contributed by atoms with Crippen molar-refractivity contribution in [2.75, 3.05) is 5.75 Å². The summed E-state index contributed by atoms with van der Waals surface area (Å²) in [7, 11) is 0. The molecule has 8 nitrogen and oxygen atoms in total. The fourth-order valence-electron chi connectivity index (χ4n) is 3.31. The third kappa shape index (κ3) is 3.15. The van der Waals surface area contributed by atoms with Crippen molar-refractivity contribution in [3.05, 3.63) is 22.8 Å². The van der Waals surface area contributed by atoms with Crippen LogP contribution in [0.5, 0.6) is 0 Å². The van der Waals surface area contributed by atoms with Crippen LogP contribution in [0.1, 0.15) is 19.7 Å². The number of nitrogens with one attached hydrogen (secondary N) is 1. The zero-order valence-corrected chi connectivity index (χ0v) is 16.5. The summed E-state index contributed by atoms with van der Waals surface area (Å²) in [6.45, 7) is 3.44. The van der Waals surface area contributed by atoms with Crippen LogP contribution < -0.4 is 34.7 Å². The second kappa shape index (κ2) is 7.57. The number of carbonyl (C=O) groups excluding carboxylic acids is 2. The Morgan fingerprint density at radius 2 is 2.29 bits per heavy atom. The molecule has 2 N–H and O–H groups in total. The Morgan fingerprint density at radius 3 is 2.83 bits per heavy atom. The van der Waals surface area contributed by atoms with E-state index < -0.39 is 18.0 Å². The largest absolute Gasteiger partial charge is 1.00 e. The molecule has 0 radical (unpaired) electrons. The molecule has 2 aliphatic rings. The third-order valence-electron chi connectivity index (χ3n) is 4.36. The second-order valence-electron chi connectivity index (χ2n) is 5.78. The van der Waals surface area contributed by atoms with E-state index in [4.69, 9.17) is 0 Å². The summed E-state index contributed by atoms with van der Waals surface area (Å²) in [5.74, 6) is -1.05. The maximum absolute atomic E-state index is 12.2. The van der Waals surface area contributed by atoms with Crippen LogP contribution in [0.4, 0.5) is 0 Å². The summed E-state index contributed by atoms with van der Waals surface area (Å²) in [6, 6.07) is -0.303. The number of aliphatic hydroxyl groups is 1. The Labute approximate surface area is 165 Å². The number of H-pyrrole nitrogens is 1. The molecule has 0 aliphatic carbocycles.